The summed E-state index contributed by atoms with van der Waals surface area (Å²) in [4.78, 5) is 11.9. The fraction of sp³-hybridized carbons (Fsp3) is 0.250. The number of carbonyl (C=O) groups excluding carboxylic acids is 1. The summed E-state index contributed by atoms with van der Waals surface area (Å²) >= 11 is 0. The summed E-state index contributed by atoms with van der Waals surface area (Å²) in [6, 6.07) is 10.0. The molecule has 2 N–H and O–H groups in total. The first kappa shape index (κ1) is 19.0. The van der Waals surface area contributed by atoms with Gasteiger partial charge in [0.25, 0.3) is 0 Å². The first-order chi connectivity index (χ1) is 13.7. The molecule has 0 unspecified atom stereocenters. The van der Waals surface area contributed by atoms with Gasteiger partial charge in [0.1, 0.15) is 23.9 Å². The molecule has 0 aromatic heterocycles. The molecule has 0 saturated carbocycles. The highest BCUT2D eigenvalue weighted by molar-refractivity contribution is 5.89. The number of amides is 2. The molecule has 146 valence electrons. The van der Waals surface area contributed by atoms with Crippen LogP contribution < -0.4 is 34.3 Å². The van der Waals surface area contributed by atoms with Crippen LogP contribution in [-0.4, -0.2) is 40.2 Å². The van der Waals surface area contributed by atoms with E-state index in [0.29, 0.717) is 34.4 Å². The number of urea groups is 1. The van der Waals surface area contributed by atoms with Crippen LogP contribution in [0.5, 0.6) is 28.7 Å². The SMILES string of the molecule is COc1cc(NC(=O)NCC#CCOc2ccc3c(c2)OCO3)cc(OC)c1. The van der Waals surface area contributed by atoms with E-state index >= 15 is 0 Å². The molecule has 0 saturated heterocycles. The summed E-state index contributed by atoms with van der Waals surface area (Å²) in [5.74, 6) is 8.79. The van der Waals surface area contributed by atoms with Crippen molar-refractivity contribution >= 4 is 11.7 Å². The fourth-order valence-corrected chi connectivity index (χ4v) is 2.38. The van der Waals surface area contributed by atoms with Gasteiger partial charge in [0, 0.05) is 30.0 Å². The molecular formula is C20H20N2O6. The zero-order chi connectivity index (χ0) is 19.8. The Morgan fingerprint density at radius 3 is 2.50 bits per heavy atom. The molecule has 0 aliphatic carbocycles. The minimum atomic E-state index is -0.388. The Morgan fingerprint density at radius 2 is 1.75 bits per heavy atom. The van der Waals surface area contributed by atoms with Gasteiger partial charge in [0.2, 0.25) is 6.79 Å². The molecule has 1 aliphatic rings. The molecule has 0 radical (unpaired) electrons. The third-order valence-corrected chi connectivity index (χ3v) is 3.73. The first-order valence-electron chi connectivity index (χ1n) is 8.44. The van der Waals surface area contributed by atoms with Gasteiger partial charge in [-0.2, -0.15) is 0 Å². The largest absolute Gasteiger partial charge is 0.497 e. The Balaban J connectivity index is 1.41. The second kappa shape index (κ2) is 9.28. The van der Waals surface area contributed by atoms with Crippen molar-refractivity contribution in [2.45, 2.75) is 0 Å². The number of carbonyl (C=O) groups is 1. The zero-order valence-electron chi connectivity index (χ0n) is 15.5. The zero-order valence-corrected chi connectivity index (χ0v) is 15.5. The normalized spacial score (nSPS) is 11.1. The lowest BCUT2D eigenvalue weighted by atomic mass is 10.3. The molecule has 8 nitrogen and oxygen atoms in total. The molecule has 0 fully saturated rings. The van der Waals surface area contributed by atoms with E-state index in [1.54, 1.807) is 50.6 Å². The molecule has 2 aromatic carbocycles. The van der Waals surface area contributed by atoms with Crippen LogP contribution in [0.25, 0.3) is 0 Å². The van der Waals surface area contributed by atoms with E-state index in [1.165, 1.54) is 0 Å². The Bertz CT molecular complexity index is 881. The van der Waals surface area contributed by atoms with Gasteiger partial charge in [-0.05, 0) is 12.1 Å². The lowest BCUT2D eigenvalue weighted by Crippen LogP contribution is -2.28. The maximum absolute atomic E-state index is 11.9. The van der Waals surface area contributed by atoms with Crippen molar-refractivity contribution in [2.24, 2.45) is 0 Å². The van der Waals surface area contributed by atoms with Crippen molar-refractivity contribution < 1.29 is 28.5 Å². The quantitative estimate of drug-likeness (QED) is 0.745. The van der Waals surface area contributed by atoms with Gasteiger partial charge in [-0.15, -0.1) is 0 Å². The number of anilines is 1. The first-order valence-corrected chi connectivity index (χ1v) is 8.44. The number of nitrogens with one attached hydrogen (secondary N) is 2. The van der Waals surface area contributed by atoms with E-state index in [2.05, 4.69) is 22.5 Å². The van der Waals surface area contributed by atoms with Gasteiger partial charge in [0.15, 0.2) is 11.5 Å². The Kier molecular flexibility index (Phi) is 6.31. The van der Waals surface area contributed by atoms with Gasteiger partial charge in [0.05, 0.1) is 20.8 Å². The lowest BCUT2D eigenvalue weighted by Gasteiger charge is -2.09. The second-order valence-corrected chi connectivity index (χ2v) is 5.57. The molecule has 0 spiro atoms. The molecule has 1 aliphatic heterocycles. The van der Waals surface area contributed by atoms with Crippen LogP contribution in [0.4, 0.5) is 10.5 Å². The highest BCUT2D eigenvalue weighted by Crippen LogP contribution is 2.35. The summed E-state index contributed by atoms with van der Waals surface area (Å²) in [6.07, 6.45) is 0. The van der Waals surface area contributed by atoms with Crippen LogP contribution in [0.15, 0.2) is 36.4 Å². The standard InChI is InChI=1S/C20H20N2O6/c1-24-16-9-14(10-17(11-16)25-2)22-20(23)21-7-3-4-8-26-15-5-6-18-19(12-15)28-13-27-18/h5-6,9-12H,7-8,13H2,1-2H3,(H2,21,22,23). The maximum atomic E-state index is 11.9. The predicted octanol–water partition coefficient (Wildman–Crippen LogP) is 2.64. The number of benzene rings is 2. The Hall–Kier alpha value is -3.73. The Labute approximate surface area is 162 Å². The average molecular weight is 384 g/mol. The molecule has 8 heteroatoms. The monoisotopic (exact) mass is 384 g/mol. The molecule has 1 heterocycles. The average Bonchev–Trinajstić information content (AvgIpc) is 3.18. The number of fused-ring (bicyclic) bond motifs is 1. The Morgan fingerprint density at radius 1 is 1.00 bits per heavy atom. The number of hydrogen-bond acceptors (Lipinski definition) is 6. The highest BCUT2D eigenvalue weighted by Gasteiger charge is 2.13. The summed E-state index contributed by atoms with van der Waals surface area (Å²) < 4.78 is 26.4. The van der Waals surface area contributed by atoms with E-state index in [0.717, 1.165) is 0 Å². The molecule has 28 heavy (non-hydrogen) atoms. The van der Waals surface area contributed by atoms with Gasteiger partial charge in [-0.25, -0.2) is 4.79 Å². The van der Waals surface area contributed by atoms with Crippen LogP contribution >= 0.6 is 0 Å². The van der Waals surface area contributed by atoms with Gasteiger partial charge in [-0.3, -0.25) is 0 Å². The van der Waals surface area contributed by atoms with Crippen molar-refractivity contribution in [3.8, 4) is 40.6 Å². The summed E-state index contributed by atoms with van der Waals surface area (Å²) in [6.45, 7) is 0.586. The van der Waals surface area contributed by atoms with Gasteiger partial charge in [-0.1, -0.05) is 11.8 Å². The maximum Gasteiger partial charge on any atom is 0.319 e. The summed E-state index contributed by atoms with van der Waals surface area (Å²) in [5, 5.41) is 5.34. The van der Waals surface area contributed by atoms with Crippen LogP contribution in [0.1, 0.15) is 0 Å². The number of rotatable bonds is 6. The third kappa shape index (κ3) is 5.14. The van der Waals surface area contributed by atoms with Crippen molar-refractivity contribution in [2.75, 3.05) is 39.5 Å². The third-order valence-electron chi connectivity index (χ3n) is 3.73. The minimum Gasteiger partial charge on any atom is -0.497 e. The lowest BCUT2D eigenvalue weighted by molar-refractivity contribution is 0.174. The van der Waals surface area contributed by atoms with E-state index in [4.69, 9.17) is 23.7 Å². The summed E-state index contributed by atoms with van der Waals surface area (Å²) in [7, 11) is 3.08. The highest BCUT2D eigenvalue weighted by atomic mass is 16.7. The number of methoxy groups -OCH3 is 2. The molecule has 3 rings (SSSR count). The van der Waals surface area contributed by atoms with Crippen molar-refractivity contribution in [3.63, 3.8) is 0 Å². The van der Waals surface area contributed by atoms with Crippen LogP contribution in [0, 0.1) is 11.8 Å². The van der Waals surface area contributed by atoms with Crippen molar-refractivity contribution in [3.05, 3.63) is 36.4 Å². The molecule has 2 aromatic rings. The molecule has 2 amide bonds. The molecule has 0 atom stereocenters. The van der Waals surface area contributed by atoms with Crippen molar-refractivity contribution in [1.29, 1.82) is 0 Å². The van der Waals surface area contributed by atoms with Crippen LogP contribution in [-0.2, 0) is 0 Å². The minimum absolute atomic E-state index is 0.178. The predicted molar refractivity (Wildman–Crippen MR) is 102 cm³/mol. The van der Waals surface area contributed by atoms with Crippen molar-refractivity contribution in [1.82, 2.24) is 5.32 Å². The van der Waals surface area contributed by atoms with E-state index in [9.17, 15) is 4.79 Å². The topological polar surface area (TPSA) is 87.3 Å². The van der Waals surface area contributed by atoms with Crippen LogP contribution in [0.2, 0.25) is 0 Å². The van der Waals surface area contributed by atoms with Crippen LogP contribution in [0.3, 0.4) is 0 Å². The second-order valence-electron chi connectivity index (χ2n) is 5.57. The molecular weight excluding hydrogens is 364 g/mol. The fourth-order valence-electron chi connectivity index (χ4n) is 2.38. The summed E-state index contributed by atoms with van der Waals surface area (Å²) in [5.41, 5.74) is 0.549. The van der Waals surface area contributed by atoms with E-state index in [-0.39, 0.29) is 26.0 Å². The smallest absolute Gasteiger partial charge is 0.319 e. The number of hydrogen-bond donors (Lipinski definition) is 2. The van der Waals surface area contributed by atoms with Gasteiger partial charge >= 0.3 is 6.03 Å². The number of ether oxygens (including phenoxy) is 5. The van der Waals surface area contributed by atoms with E-state index in [1.807, 2.05) is 0 Å². The molecule has 0 bridgehead atoms. The van der Waals surface area contributed by atoms with E-state index < -0.39 is 0 Å². The van der Waals surface area contributed by atoms with Gasteiger partial charge < -0.3 is 34.3 Å².